The van der Waals surface area contributed by atoms with E-state index in [2.05, 4.69) is 0 Å². The van der Waals surface area contributed by atoms with Gasteiger partial charge in [-0.05, 0) is 26.3 Å². The molecule has 0 bridgehead atoms. The third kappa shape index (κ3) is 3.51. The number of rotatable bonds is 7. The van der Waals surface area contributed by atoms with Gasteiger partial charge in [-0.1, -0.05) is 31.5 Å². The molecule has 0 fully saturated rings. The second kappa shape index (κ2) is 7.29. The van der Waals surface area contributed by atoms with E-state index in [9.17, 15) is 9.90 Å². The van der Waals surface area contributed by atoms with Crippen LogP contribution in [0.15, 0.2) is 24.3 Å². The molecule has 2 unspecified atom stereocenters. The molecule has 0 aromatic heterocycles. The number of carbonyl (C=O) groups excluding carboxylic acids is 1. The molecule has 1 rings (SSSR count). The van der Waals surface area contributed by atoms with Crippen LogP contribution in [0.2, 0.25) is 0 Å². The average molecular weight is 280 g/mol. The van der Waals surface area contributed by atoms with E-state index in [1.165, 1.54) is 0 Å². The fourth-order valence-corrected chi connectivity index (χ4v) is 2.41. The Labute approximate surface area is 120 Å². The standard InChI is InChI=1S/C16H24O4/c1-5-9-13(15(17)20-6-2)16(3,18)12-10-7-8-11-14(12)19-4/h7-8,10-11,13,18H,5-6,9H2,1-4H3. The topological polar surface area (TPSA) is 55.8 Å². The zero-order valence-corrected chi connectivity index (χ0v) is 12.7. The number of methoxy groups -OCH3 is 1. The summed E-state index contributed by atoms with van der Waals surface area (Å²) < 4.78 is 10.4. The van der Waals surface area contributed by atoms with Gasteiger partial charge in [0.25, 0.3) is 0 Å². The summed E-state index contributed by atoms with van der Waals surface area (Å²) in [4.78, 5) is 12.1. The van der Waals surface area contributed by atoms with Gasteiger partial charge in [0.15, 0.2) is 0 Å². The minimum Gasteiger partial charge on any atom is -0.496 e. The number of esters is 1. The molecule has 112 valence electrons. The van der Waals surface area contributed by atoms with Crippen LogP contribution in [-0.4, -0.2) is 24.8 Å². The van der Waals surface area contributed by atoms with Gasteiger partial charge < -0.3 is 14.6 Å². The van der Waals surface area contributed by atoms with Crippen LogP contribution in [0.5, 0.6) is 5.75 Å². The Morgan fingerprint density at radius 3 is 2.55 bits per heavy atom. The number of aliphatic hydroxyl groups is 1. The van der Waals surface area contributed by atoms with E-state index in [4.69, 9.17) is 9.47 Å². The van der Waals surface area contributed by atoms with Crippen LogP contribution in [0.1, 0.15) is 39.2 Å². The van der Waals surface area contributed by atoms with Gasteiger partial charge >= 0.3 is 5.97 Å². The van der Waals surface area contributed by atoms with Crippen molar-refractivity contribution in [2.24, 2.45) is 5.92 Å². The number of benzene rings is 1. The molecule has 2 atom stereocenters. The average Bonchev–Trinajstić information content (AvgIpc) is 2.44. The summed E-state index contributed by atoms with van der Waals surface area (Å²) in [7, 11) is 1.55. The summed E-state index contributed by atoms with van der Waals surface area (Å²) >= 11 is 0. The SMILES string of the molecule is CCCC(C(=O)OCC)C(C)(O)c1ccccc1OC. The van der Waals surface area contributed by atoms with Gasteiger partial charge in [-0.3, -0.25) is 4.79 Å². The van der Waals surface area contributed by atoms with Crippen molar-refractivity contribution >= 4 is 5.97 Å². The Morgan fingerprint density at radius 2 is 2.00 bits per heavy atom. The van der Waals surface area contributed by atoms with Crippen molar-refractivity contribution in [2.75, 3.05) is 13.7 Å². The molecule has 0 amide bonds. The van der Waals surface area contributed by atoms with Crippen LogP contribution >= 0.6 is 0 Å². The van der Waals surface area contributed by atoms with E-state index < -0.39 is 11.5 Å². The summed E-state index contributed by atoms with van der Waals surface area (Å²) in [6.07, 6.45) is 1.35. The highest BCUT2D eigenvalue weighted by Crippen LogP contribution is 2.38. The van der Waals surface area contributed by atoms with E-state index in [-0.39, 0.29) is 5.97 Å². The molecule has 4 nitrogen and oxygen atoms in total. The fourth-order valence-electron chi connectivity index (χ4n) is 2.41. The van der Waals surface area contributed by atoms with Gasteiger partial charge in [-0.2, -0.15) is 0 Å². The van der Waals surface area contributed by atoms with Crippen molar-refractivity contribution in [1.82, 2.24) is 0 Å². The maximum absolute atomic E-state index is 12.1. The normalized spacial score (nSPS) is 15.2. The molecule has 0 saturated heterocycles. The van der Waals surface area contributed by atoms with Gasteiger partial charge in [0.05, 0.1) is 19.6 Å². The first kappa shape index (κ1) is 16.5. The minimum absolute atomic E-state index is 0.307. The van der Waals surface area contributed by atoms with Crippen molar-refractivity contribution < 1.29 is 19.4 Å². The zero-order chi connectivity index (χ0) is 15.2. The lowest BCUT2D eigenvalue weighted by Crippen LogP contribution is -2.38. The van der Waals surface area contributed by atoms with Gasteiger partial charge in [0, 0.05) is 5.56 Å². The quantitative estimate of drug-likeness (QED) is 0.780. The number of ether oxygens (including phenoxy) is 2. The molecule has 4 heteroatoms. The summed E-state index contributed by atoms with van der Waals surface area (Å²) in [5.41, 5.74) is -0.719. The summed E-state index contributed by atoms with van der Waals surface area (Å²) in [6.45, 7) is 5.69. The molecule has 20 heavy (non-hydrogen) atoms. The summed E-state index contributed by atoms with van der Waals surface area (Å²) in [5, 5.41) is 10.9. The van der Waals surface area contributed by atoms with Crippen molar-refractivity contribution in [3.63, 3.8) is 0 Å². The van der Waals surface area contributed by atoms with Crippen molar-refractivity contribution in [3.05, 3.63) is 29.8 Å². The summed E-state index contributed by atoms with van der Waals surface area (Å²) in [6, 6.07) is 7.21. The zero-order valence-electron chi connectivity index (χ0n) is 12.7. The first-order chi connectivity index (χ1) is 9.48. The summed E-state index contributed by atoms with van der Waals surface area (Å²) in [5.74, 6) is -0.406. The number of hydrogen-bond donors (Lipinski definition) is 1. The van der Waals surface area contributed by atoms with Crippen LogP contribution < -0.4 is 4.74 Å². The Balaban J connectivity index is 3.17. The highest BCUT2D eigenvalue weighted by atomic mass is 16.5. The van der Waals surface area contributed by atoms with Gasteiger partial charge in [-0.15, -0.1) is 0 Å². The van der Waals surface area contributed by atoms with Crippen molar-refractivity contribution in [2.45, 2.75) is 39.2 Å². The van der Waals surface area contributed by atoms with Crippen LogP contribution in [0.25, 0.3) is 0 Å². The van der Waals surface area contributed by atoms with E-state index in [1.807, 2.05) is 19.1 Å². The third-order valence-corrected chi connectivity index (χ3v) is 3.48. The third-order valence-electron chi connectivity index (χ3n) is 3.48. The maximum atomic E-state index is 12.1. The lowest BCUT2D eigenvalue weighted by atomic mass is 9.80. The molecule has 0 saturated carbocycles. The number of para-hydroxylation sites is 1. The van der Waals surface area contributed by atoms with Crippen LogP contribution in [-0.2, 0) is 15.1 Å². The predicted molar refractivity (Wildman–Crippen MR) is 77.6 cm³/mol. The second-order valence-electron chi connectivity index (χ2n) is 4.94. The number of carbonyl (C=O) groups is 1. The Bertz CT molecular complexity index is 440. The molecule has 0 aliphatic heterocycles. The molecule has 1 aromatic carbocycles. The molecule has 1 aromatic rings. The van der Waals surface area contributed by atoms with E-state index >= 15 is 0 Å². The minimum atomic E-state index is -1.32. The molecule has 1 N–H and O–H groups in total. The smallest absolute Gasteiger partial charge is 0.312 e. The van der Waals surface area contributed by atoms with Gasteiger partial charge in [0.1, 0.15) is 11.4 Å². The largest absolute Gasteiger partial charge is 0.496 e. The lowest BCUT2D eigenvalue weighted by Gasteiger charge is -2.32. The Hall–Kier alpha value is -1.55. The molecule has 0 spiro atoms. The van der Waals surface area contributed by atoms with Crippen LogP contribution in [0.3, 0.4) is 0 Å². The van der Waals surface area contributed by atoms with Gasteiger partial charge in [-0.25, -0.2) is 0 Å². The second-order valence-corrected chi connectivity index (χ2v) is 4.94. The lowest BCUT2D eigenvalue weighted by molar-refractivity contribution is -0.158. The molecule has 0 aliphatic rings. The van der Waals surface area contributed by atoms with Crippen LogP contribution in [0, 0.1) is 5.92 Å². The highest BCUT2D eigenvalue weighted by Gasteiger charge is 2.40. The maximum Gasteiger partial charge on any atom is 0.312 e. The molecular formula is C16H24O4. The fraction of sp³-hybridized carbons (Fsp3) is 0.562. The van der Waals surface area contributed by atoms with E-state index in [0.29, 0.717) is 24.3 Å². The van der Waals surface area contributed by atoms with E-state index in [0.717, 1.165) is 6.42 Å². The van der Waals surface area contributed by atoms with Crippen molar-refractivity contribution in [3.8, 4) is 5.75 Å². The number of hydrogen-bond acceptors (Lipinski definition) is 4. The molecular weight excluding hydrogens is 256 g/mol. The van der Waals surface area contributed by atoms with Crippen molar-refractivity contribution in [1.29, 1.82) is 0 Å². The monoisotopic (exact) mass is 280 g/mol. The Morgan fingerprint density at radius 1 is 1.35 bits per heavy atom. The highest BCUT2D eigenvalue weighted by molar-refractivity contribution is 5.74. The van der Waals surface area contributed by atoms with Gasteiger partial charge in [0.2, 0.25) is 0 Å². The van der Waals surface area contributed by atoms with Crippen LogP contribution in [0.4, 0.5) is 0 Å². The molecule has 0 heterocycles. The molecule has 0 radical (unpaired) electrons. The van der Waals surface area contributed by atoms with E-state index in [1.54, 1.807) is 33.1 Å². The first-order valence-electron chi connectivity index (χ1n) is 7.01. The first-order valence-corrected chi connectivity index (χ1v) is 7.01. The predicted octanol–water partition coefficient (Wildman–Crippen LogP) is 2.88. The Kier molecular flexibility index (Phi) is 6.02. The molecule has 0 aliphatic carbocycles.